The molecule has 2 unspecified atom stereocenters. The van der Waals surface area contributed by atoms with Gasteiger partial charge in [-0.3, -0.25) is 0 Å². The van der Waals surface area contributed by atoms with Crippen LogP contribution >= 0.6 is 0 Å². The van der Waals surface area contributed by atoms with E-state index in [9.17, 15) is 5.11 Å². The van der Waals surface area contributed by atoms with Gasteiger partial charge < -0.3 is 9.84 Å². The number of hydrogen-bond acceptors (Lipinski definition) is 2. The summed E-state index contributed by atoms with van der Waals surface area (Å²) in [7, 11) is 0. The highest BCUT2D eigenvalue weighted by atomic mass is 16.5. The van der Waals surface area contributed by atoms with Gasteiger partial charge in [-0.25, -0.2) is 0 Å². The first kappa shape index (κ1) is 12.0. The second kappa shape index (κ2) is 6.38. The van der Waals surface area contributed by atoms with Crippen molar-refractivity contribution in [3.63, 3.8) is 0 Å². The zero-order valence-corrected chi connectivity index (χ0v) is 9.10. The third kappa shape index (κ3) is 4.28. The topological polar surface area (TPSA) is 29.5 Å². The SMILES string of the molecule is C=CC(O)C(C)COCc1ccccc1. The van der Waals surface area contributed by atoms with Crippen LogP contribution in [0.15, 0.2) is 43.0 Å². The van der Waals surface area contributed by atoms with Gasteiger partial charge in [-0.05, 0) is 5.56 Å². The maximum atomic E-state index is 9.43. The largest absolute Gasteiger partial charge is 0.389 e. The van der Waals surface area contributed by atoms with Gasteiger partial charge in [0.05, 0.1) is 19.3 Å². The molecule has 0 saturated carbocycles. The molecule has 0 fully saturated rings. The first-order valence-electron chi connectivity index (χ1n) is 5.16. The van der Waals surface area contributed by atoms with Gasteiger partial charge in [0.1, 0.15) is 0 Å². The number of aliphatic hydroxyl groups excluding tert-OH is 1. The van der Waals surface area contributed by atoms with E-state index in [1.54, 1.807) is 0 Å². The highest BCUT2D eigenvalue weighted by molar-refractivity contribution is 5.13. The summed E-state index contributed by atoms with van der Waals surface area (Å²) >= 11 is 0. The fraction of sp³-hybridized carbons (Fsp3) is 0.385. The van der Waals surface area contributed by atoms with Gasteiger partial charge in [-0.2, -0.15) is 0 Å². The van der Waals surface area contributed by atoms with Crippen molar-refractivity contribution in [2.45, 2.75) is 19.6 Å². The average Bonchev–Trinajstić information content (AvgIpc) is 2.29. The van der Waals surface area contributed by atoms with Crippen LogP contribution in [-0.4, -0.2) is 17.8 Å². The lowest BCUT2D eigenvalue weighted by Gasteiger charge is -2.15. The summed E-state index contributed by atoms with van der Waals surface area (Å²) in [4.78, 5) is 0. The normalized spacial score (nSPS) is 14.5. The lowest BCUT2D eigenvalue weighted by molar-refractivity contribution is 0.0473. The van der Waals surface area contributed by atoms with Gasteiger partial charge in [-0.15, -0.1) is 6.58 Å². The second-order valence-corrected chi connectivity index (χ2v) is 3.70. The van der Waals surface area contributed by atoms with Gasteiger partial charge in [0.25, 0.3) is 0 Å². The molecule has 0 amide bonds. The van der Waals surface area contributed by atoms with Crippen LogP contribution in [0.2, 0.25) is 0 Å². The number of benzene rings is 1. The fourth-order valence-electron chi connectivity index (χ4n) is 1.27. The van der Waals surface area contributed by atoms with E-state index in [1.165, 1.54) is 6.08 Å². The summed E-state index contributed by atoms with van der Waals surface area (Å²) in [6.07, 6.45) is 1.05. The molecule has 82 valence electrons. The van der Waals surface area contributed by atoms with Gasteiger partial charge >= 0.3 is 0 Å². The number of rotatable bonds is 6. The Bertz CT molecular complexity index is 282. The molecule has 0 spiro atoms. The Balaban J connectivity index is 2.25. The van der Waals surface area contributed by atoms with Crippen molar-refractivity contribution in [3.05, 3.63) is 48.6 Å². The molecule has 1 N–H and O–H groups in total. The minimum absolute atomic E-state index is 0.0891. The molecular formula is C13H18O2. The molecule has 2 atom stereocenters. The summed E-state index contributed by atoms with van der Waals surface area (Å²) in [6.45, 7) is 6.62. The second-order valence-electron chi connectivity index (χ2n) is 3.70. The predicted molar refractivity (Wildman–Crippen MR) is 61.5 cm³/mol. The fourth-order valence-corrected chi connectivity index (χ4v) is 1.27. The molecule has 1 aromatic rings. The first-order valence-corrected chi connectivity index (χ1v) is 5.16. The van der Waals surface area contributed by atoms with Gasteiger partial charge in [0.2, 0.25) is 0 Å². The van der Waals surface area contributed by atoms with Crippen LogP contribution in [0.1, 0.15) is 12.5 Å². The van der Waals surface area contributed by atoms with Crippen molar-refractivity contribution < 1.29 is 9.84 Å². The Labute approximate surface area is 91.2 Å². The highest BCUT2D eigenvalue weighted by Crippen LogP contribution is 2.07. The zero-order valence-electron chi connectivity index (χ0n) is 9.10. The molecule has 0 aliphatic carbocycles. The number of aliphatic hydroxyl groups is 1. The van der Waals surface area contributed by atoms with E-state index in [0.717, 1.165) is 5.56 Å². The van der Waals surface area contributed by atoms with Crippen LogP contribution in [0.5, 0.6) is 0 Å². The smallest absolute Gasteiger partial charge is 0.0765 e. The molecule has 0 radical (unpaired) electrons. The molecule has 0 saturated heterocycles. The van der Waals surface area contributed by atoms with Gasteiger partial charge in [0.15, 0.2) is 0 Å². The van der Waals surface area contributed by atoms with E-state index in [4.69, 9.17) is 4.74 Å². The Hall–Kier alpha value is -1.12. The van der Waals surface area contributed by atoms with E-state index in [2.05, 4.69) is 6.58 Å². The van der Waals surface area contributed by atoms with Crippen molar-refractivity contribution in [3.8, 4) is 0 Å². The maximum Gasteiger partial charge on any atom is 0.0765 e. The standard InChI is InChI=1S/C13H18O2/c1-3-13(14)11(2)9-15-10-12-7-5-4-6-8-12/h3-8,11,13-14H,1,9-10H2,2H3. The van der Waals surface area contributed by atoms with Crippen LogP contribution in [0.4, 0.5) is 0 Å². The van der Waals surface area contributed by atoms with Crippen molar-refractivity contribution in [2.24, 2.45) is 5.92 Å². The molecule has 2 heteroatoms. The predicted octanol–water partition coefficient (Wildman–Crippen LogP) is 2.39. The van der Waals surface area contributed by atoms with E-state index in [1.807, 2.05) is 37.3 Å². The Kier molecular flexibility index (Phi) is 5.08. The summed E-state index contributed by atoms with van der Waals surface area (Å²) in [5.41, 5.74) is 1.15. The van der Waals surface area contributed by atoms with Crippen molar-refractivity contribution >= 4 is 0 Å². The van der Waals surface area contributed by atoms with Crippen LogP contribution in [0.3, 0.4) is 0 Å². The third-order valence-corrected chi connectivity index (χ3v) is 2.32. The van der Waals surface area contributed by atoms with Gasteiger partial charge in [0, 0.05) is 5.92 Å². The number of hydrogen-bond donors (Lipinski definition) is 1. The molecule has 1 aromatic carbocycles. The minimum atomic E-state index is -0.485. The average molecular weight is 206 g/mol. The summed E-state index contributed by atoms with van der Waals surface area (Å²) in [6, 6.07) is 10.00. The van der Waals surface area contributed by atoms with Gasteiger partial charge in [-0.1, -0.05) is 43.3 Å². The Morgan fingerprint density at radius 2 is 2.07 bits per heavy atom. The van der Waals surface area contributed by atoms with Crippen LogP contribution < -0.4 is 0 Å². The van der Waals surface area contributed by atoms with E-state index in [-0.39, 0.29) is 5.92 Å². The molecule has 2 nitrogen and oxygen atoms in total. The lowest BCUT2D eigenvalue weighted by Crippen LogP contribution is -2.19. The molecule has 0 aliphatic rings. The minimum Gasteiger partial charge on any atom is -0.389 e. The van der Waals surface area contributed by atoms with Crippen molar-refractivity contribution in [2.75, 3.05) is 6.61 Å². The zero-order chi connectivity index (χ0) is 11.1. The van der Waals surface area contributed by atoms with Crippen molar-refractivity contribution in [1.82, 2.24) is 0 Å². The molecule has 0 aliphatic heterocycles. The lowest BCUT2D eigenvalue weighted by atomic mass is 10.1. The molecule has 0 bridgehead atoms. The number of ether oxygens (including phenoxy) is 1. The molecule has 0 aromatic heterocycles. The van der Waals surface area contributed by atoms with Crippen LogP contribution in [0.25, 0.3) is 0 Å². The Morgan fingerprint density at radius 1 is 1.40 bits per heavy atom. The van der Waals surface area contributed by atoms with E-state index >= 15 is 0 Å². The maximum absolute atomic E-state index is 9.43. The summed E-state index contributed by atoms with van der Waals surface area (Å²) < 4.78 is 5.50. The van der Waals surface area contributed by atoms with Crippen LogP contribution in [0, 0.1) is 5.92 Å². The highest BCUT2D eigenvalue weighted by Gasteiger charge is 2.09. The summed E-state index contributed by atoms with van der Waals surface area (Å²) in [5.74, 6) is 0.0891. The third-order valence-electron chi connectivity index (χ3n) is 2.32. The van der Waals surface area contributed by atoms with Crippen molar-refractivity contribution in [1.29, 1.82) is 0 Å². The molecule has 0 heterocycles. The molecule has 1 rings (SSSR count). The summed E-state index contributed by atoms with van der Waals surface area (Å²) in [5, 5.41) is 9.43. The molecule has 15 heavy (non-hydrogen) atoms. The molecular weight excluding hydrogens is 188 g/mol. The Morgan fingerprint density at radius 3 is 2.67 bits per heavy atom. The van der Waals surface area contributed by atoms with Crippen LogP contribution in [-0.2, 0) is 11.3 Å². The van der Waals surface area contributed by atoms with E-state index < -0.39 is 6.10 Å². The quantitative estimate of drug-likeness (QED) is 0.724. The first-order chi connectivity index (χ1) is 7.24. The monoisotopic (exact) mass is 206 g/mol. The van der Waals surface area contributed by atoms with E-state index in [0.29, 0.717) is 13.2 Å².